The number of para-hydroxylation sites is 1. The fourth-order valence-electron chi connectivity index (χ4n) is 2.11. The van der Waals surface area contributed by atoms with Crippen LogP contribution in [0.3, 0.4) is 0 Å². The molecule has 0 aromatic heterocycles. The van der Waals surface area contributed by atoms with E-state index in [9.17, 15) is 0 Å². The number of methoxy groups -OCH3 is 1. The van der Waals surface area contributed by atoms with E-state index in [1.54, 1.807) is 7.11 Å². The molecule has 0 radical (unpaired) electrons. The van der Waals surface area contributed by atoms with Gasteiger partial charge in [0.2, 0.25) is 0 Å². The molecule has 0 spiro atoms. The zero-order chi connectivity index (χ0) is 15.7. The van der Waals surface area contributed by atoms with Crippen LogP contribution in [-0.4, -0.2) is 33.0 Å². The minimum absolute atomic E-state index is 0.0635. The molecule has 0 heterocycles. The van der Waals surface area contributed by atoms with Crippen molar-refractivity contribution in [2.24, 2.45) is 11.7 Å². The summed E-state index contributed by atoms with van der Waals surface area (Å²) in [5.74, 6) is 1.35. The van der Waals surface area contributed by atoms with Gasteiger partial charge in [0.25, 0.3) is 0 Å². The number of ether oxygens (including phenoxy) is 3. The highest BCUT2D eigenvalue weighted by molar-refractivity contribution is 5.35. The van der Waals surface area contributed by atoms with Crippen LogP contribution in [0, 0.1) is 5.92 Å². The Balaban J connectivity index is 2.64. The van der Waals surface area contributed by atoms with Crippen molar-refractivity contribution in [1.82, 2.24) is 0 Å². The maximum Gasteiger partial charge on any atom is 0.124 e. The second-order valence-corrected chi connectivity index (χ2v) is 5.57. The molecule has 0 aliphatic carbocycles. The Bertz CT molecular complexity index is 395. The molecule has 2 unspecified atom stereocenters. The van der Waals surface area contributed by atoms with Gasteiger partial charge in [-0.15, -0.1) is 0 Å². The summed E-state index contributed by atoms with van der Waals surface area (Å²) < 4.78 is 16.9. The monoisotopic (exact) mass is 295 g/mol. The SMILES string of the molecule is CCC(N)C(OCCOCC(C)C)c1ccccc1OC. The van der Waals surface area contributed by atoms with Crippen molar-refractivity contribution < 1.29 is 14.2 Å². The zero-order valence-corrected chi connectivity index (χ0v) is 13.7. The molecular formula is C17H29NO3. The van der Waals surface area contributed by atoms with Crippen LogP contribution in [0.25, 0.3) is 0 Å². The van der Waals surface area contributed by atoms with Gasteiger partial charge in [-0.05, 0) is 18.4 Å². The second-order valence-electron chi connectivity index (χ2n) is 5.57. The Morgan fingerprint density at radius 1 is 1.14 bits per heavy atom. The minimum Gasteiger partial charge on any atom is -0.496 e. The number of nitrogens with two attached hydrogens (primary N) is 1. The first-order chi connectivity index (χ1) is 10.1. The molecule has 0 saturated heterocycles. The fraction of sp³-hybridized carbons (Fsp3) is 0.647. The summed E-state index contributed by atoms with van der Waals surface area (Å²) in [5, 5.41) is 0. The Hall–Kier alpha value is -1.10. The summed E-state index contributed by atoms with van der Waals surface area (Å²) in [5.41, 5.74) is 7.21. The molecule has 0 aliphatic rings. The molecular weight excluding hydrogens is 266 g/mol. The quantitative estimate of drug-likeness (QED) is 0.674. The molecule has 21 heavy (non-hydrogen) atoms. The number of hydrogen-bond acceptors (Lipinski definition) is 4. The van der Waals surface area contributed by atoms with Gasteiger partial charge >= 0.3 is 0 Å². The van der Waals surface area contributed by atoms with E-state index in [4.69, 9.17) is 19.9 Å². The van der Waals surface area contributed by atoms with Crippen molar-refractivity contribution in [2.45, 2.75) is 39.3 Å². The van der Waals surface area contributed by atoms with Crippen LogP contribution in [0.1, 0.15) is 38.9 Å². The molecule has 4 heteroatoms. The van der Waals surface area contributed by atoms with Crippen LogP contribution in [0.5, 0.6) is 5.75 Å². The highest BCUT2D eigenvalue weighted by Crippen LogP contribution is 2.30. The molecule has 0 amide bonds. The van der Waals surface area contributed by atoms with E-state index in [0.717, 1.165) is 24.3 Å². The van der Waals surface area contributed by atoms with E-state index in [1.807, 2.05) is 24.3 Å². The van der Waals surface area contributed by atoms with E-state index in [2.05, 4.69) is 20.8 Å². The molecule has 0 saturated carbocycles. The van der Waals surface area contributed by atoms with Crippen LogP contribution in [-0.2, 0) is 9.47 Å². The van der Waals surface area contributed by atoms with Gasteiger partial charge in [-0.1, -0.05) is 39.0 Å². The summed E-state index contributed by atoms with van der Waals surface area (Å²) >= 11 is 0. The van der Waals surface area contributed by atoms with Crippen molar-refractivity contribution in [3.63, 3.8) is 0 Å². The first-order valence-electron chi connectivity index (χ1n) is 7.68. The maximum absolute atomic E-state index is 6.21. The lowest BCUT2D eigenvalue weighted by Gasteiger charge is -2.25. The summed E-state index contributed by atoms with van der Waals surface area (Å²) in [7, 11) is 1.67. The predicted molar refractivity (Wildman–Crippen MR) is 85.6 cm³/mol. The predicted octanol–water partition coefficient (Wildman–Crippen LogP) is 3.16. The highest BCUT2D eigenvalue weighted by Gasteiger charge is 2.22. The third-order valence-electron chi connectivity index (χ3n) is 3.28. The second kappa shape index (κ2) is 9.77. The van der Waals surface area contributed by atoms with E-state index in [1.165, 1.54) is 0 Å². The Labute approximate surface area is 128 Å². The summed E-state index contributed by atoms with van der Waals surface area (Å²) in [6, 6.07) is 7.80. The van der Waals surface area contributed by atoms with Crippen LogP contribution in [0.4, 0.5) is 0 Å². The molecule has 2 N–H and O–H groups in total. The van der Waals surface area contributed by atoms with Gasteiger partial charge < -0.3 is 19.9 Å². The first kappa shape index (κ1) is 18.0. The van der Waals surface area contributed by atoms with Crippen LogP contribution >= 0.6 is 0 Å². The first-order valence-corrected chi connectivity index (χ1v) is 7.68. The van der Waals surface area contributed by atoms with Gasteiger partial charge in [0.15, 0.2) is 0 Å². The standard InChI is InChI=1S/C17H29NO3/c1-5-15(18)17(21-11-10-20-12-13(2)3)14-8-6-7-9-16(14)19-4/h6-9,13,15,17H,5,10-12,18H2,1-4H3. The molecule has 4 nitrogen and oxygen atoms in total. The van der Waals surface area contributed by atoms with E-state index in [-0.39, 0.29) is 12.1 Å². The average Bonchev–Trinajstić information content (AvgIpc) is 2.50. The zero-order valence-electron chi connectivity index (χ0n) is 13.7. The topological polar surface area (TPSA) is 53.7 Å². The lowest BCUT2D eigenvalue weighted by atomic mass is 10.00. The Kier molecular flexibility index (Phi) is 8.35. The summed E-state index contributed by atoms with van der Waals surface area (Å²) in [6.07, 6.45) is 0.670. The molecule has 1 aromatic carbocycles. The summed E-state index contributed by atoms with van der Waals surface area (Å²) in [6.45, 7) is 8.19. The van der Waals surface area contributed by atoms with E-state index in [0.29, 0.717) is 19.1 Å². The molecule has 0 aliphatic heterocycles. The average molecular weight is 295 g/mol. The smallest absolute Gasteiger partial charge is 0.124 e. The van der Waals surface area contributed by atoms with Crippen molar-refractivity contribution in [1.29, 1.82) is 0 Å². The fourth-order valence-corrected chi connectivity index (χ4v) is 2.11. The number of rotatable bonds is 10. The molecule has 0 bridgehead atoms. The molecule has 1 rings (SSSR count). The third kappa shape index (κ3) is 6.04. The van der Waals surface area contributed by atoms with E-state index >= 15 is 0 Å². The Morgan fingerprint density at radius 2 is 1.86 bits per heavy atom. The van der Waals surface area contributed by atoms with Gasteiger partial charge in [0, 0.05) is 18.2 Å². The minimum atomic E-state index is -0.172. The van der Waals surface area contributed by atoms with Gasteiger partial charge in [-0.2, -0.15) is 0 Å². The normalized spacial score (nSPS) is 14.2. The van der Waals surface area contributed by atoms with Crippen molar-refractivity contribution in [3.05, 3.63) is 29.8 Å². The number of hydrogen-bond donors (Lipinski definition) is 1. The van der Waals surface area contributed by atoms with Gasteiger partial charge in [-0.3, -0.25) is 0 Å². The largest absolute Gasteiger partial charge is 0.496 e. The molecule has 120 valence electrons. The van der Waals surface area contributed by atoms with Crippen LogP contribution in [0.2, 0.25) is 0 Å². The van der Waals surface area contributed by atoms with Crippen LogP contribution < -0.4 is 10.5 Å². The lowest BCUT2D eigenvalue weighted by molar-refractivity contribution is -0.0131. The van der Waals surface area contributed by atoms with Crippen LogP contribution in [0.15, 0.2) is 24.3 Å². The van der Waals surface area contributed by atoms with Crippen molar-refractivity contribution in [2.75, 3.05) is 26.9 Å². The maximum atomic E-state index is 6.21. The van der Waals surface area contributed by atoms with E-state index < -0.39 is 0 Å². The van der Waals surface area contributed by atoms with Crippen molar-refractivity contribution in [3.8, 4) is 5.75 Å². The Morgan fingerprint density at radius 3 is 2.48 bits per heavy atom. The summed E-state index contributed by atoms with van der Waals surface area (Å²) in [4.78, 5) is 0. The third-order valence-corrected chi connectivity index (χ3v) is 3.28. The van der Waals surface area contributed by atoms with Gasteiger partial charge in [0.05, 0.1) is 20.3 Å². The molecule has 2 atom stereocenters. The number of benzene rings is 1. The highest BCUT2D eigenvalue weighted by atomic mass is 16.5. The molecule has 1 aromatic rings. The van der Waals surface area contributed by atoms with Gasteiger partial charge in [0.1, 0.15) is 11.9 Å². The lowest BCUT2D eigenvalue weighted by Crippen LogP contribution is -2.30. The molecule has 0 fully saturated rings. The van der Waals surface area contributed by atoms with Gasteiger partial charge in [-0.25, -0.2) is 0 Å². The van der Waals surface area contributed by atoms with Crippen molar-refractivity contribution >= 4 is 0 Å².